The van der Waals surface area contributed by atoms with Crippen molar-refractivity contribution in [2.75, 3.05) is 0 Å². The van der Waals surface area contributed by atoms with Crippen molar-refractivity contribution in [2.45, 2.75) is 12.8 Å². The van der Waals surface area contributed by atoms with E-state index < -0.39 is 0 Å². The van der Waals surface area contributed by atoms with Crippen LogP contribution in [0.3, 0.4) is 0 Å². The molecular formula is C48H33N. The van der Waals surface area contributed by atoms with Crippen LogP contribution in [0.15, 0.2) is 164 Å². The summed E-state index contributed by atoms with van der Waals surface area (Å²) in [5, 5.41) is 10.7. The smallest absolute Gasteiger partial charge is 0.0541 e. The molecule has 1 aromatic heterocycles. The van der Waals surface area contributed by atoms with Crippen LogP contribution in [0.4, 0.5) is 0 Å². The quantitative estimate of drug-likeness (QED) is 0.172. The lowest BCUT2D eigenvalue weighted by Gasteiger charge is -2.13. The molecule has 0 radical (unpaired) electrons. The topological polar surface area (TPSA) is 4.93 Å². The van der Waals surface area contributed by atoms with Gasteiger partial charge >= 0.3 is 0 Å². The number of hydrogen-bond acceptors (Lipinski definition) is 0. The van der Waals surface area contributed by atoms with E-state index in [0.717, 1.165) is 12.8 Å². The van der Waals surface area contributed by atoms with Crippen molar-refractivity contribution in [2.24, 2.45) is 0 Å². The Morgan fingerprint density at radius 2 is 0.816 bits per heavy atom. The zero-order valence-electron chi connectivity index (χ0n) is 27.1. The summed E-state index contributed by atoms with van der Waals surface area (Å²) in [5.41, 5.74) is 11.0. The largest absolute Gasteiger partial charge is 0.309 e. The molecule has 49 heavy (non-hydrogen) atoms. The predicted molar refractivity (Wildman–Crippen MR) is 210 cm³/mol. The molecule has 230 valence electrons. The minimum absolute atomic E-state index is 1.10. The van der Waals surface area contributed by atoms with Crippen LogP contribution >= 0.6 is 0 Å². The predicted octanol–water partition coefficient (Wildman–Crippen LogP) is 11.4. The lowest BCUT2D eigenvalue weighted by Crippen LogP contribution is -2.28. The van der Waals surface area contributed by atoms with Gasteiger partial charge in [-0.2, -0.15) is 0 Å². The van der Waals surface area contributed by atoms with Gasteiger partial charge in [-0.3, -0.25) is 0 Å². The monoisotopic (exact) mass is 623 g/mol. The molecule has 0 spiro atoms. The first-order valence-corrected chi connectivity index (χ1v) is 17.2. The number of hydrogen-bond donors (Lipinski definition) is 0. The maximum atomic E-state index is 2.43. The van der Waals surface area contributed by atoms with Crippen LogP contribution < -0.4 is 10.4 Å². The summed E-state index contributed by atoms with van der Waals surface area (Å²) in [4.78, 5) is 0. The van der Waals surface area contributed by atoms with Crippen LogP contribution in [0.2, 0.25) is 0 Å². The average molecular weight is 624 g/mol. The van der Waals surface area contributed by atoms with E-state index >= 15 is 0 Å². The molecule has 0 saturated carbocycles. The van der Waals surface area contributed by atoms with E-state index in [2.05, 4.69) is 181 Å². The van der Waals surface area contributed by atoms with Crippen molar-refractivity contribution in [3.05, 3.63) is 174 Å². The standard InChI is InChI=1S/C48H33N/c1-2-11-32(12-3-1)33-21-25-38(26-22-33)49-47-20-9-8-19-44(47)46-31-37(24-28-48(46)49)35-14-10-13-34(29-35)36-23-27-43-41-17-5-4-15-39(41)40-16-6-7-18-42(40)45(43)30-36/h1-3,6-31H,4-5H2. The van der Waals surface area contributed by atoms with Crippen LogP contribution in [0.1, 0.15) is 12.8 Å². The Balaban J connectivity index is 1.08. The molecule has 1 nitrogen and oxygen atoms in total. The molecule has 1 aliphatic carbocycles. The molecule has 9 aromatic rings. The van der Waals surface area contributed by atoms with Gasteiger partial charge in [0.25, 0.3) is 0 Å². The molecule has 1 aliphatic rings. The van der Waals surface area contributed by atoms with Crippen molar-refractivity contribution < 1.29 is 0 Å². The highest BCUT2D eigenvalue weighted by Gasteiger charge is 2.14. The molecule has 0 amide bonds. The molecule has 8 aromatic carbocycles. The van der Waals surface area contributed by atoms with Gasteiger partial charge < -0.3 is 4.57 Å². The van der Waals surface area contributed by atoms with Gasteiger partial charge in [0.1, 0.15) is 0 Å². The van der Waals surface area contributed by atoms with E-state index in [1.807, 2.05) is 0 Å². The normalized spacial score (nSPS) is 12.7. The van der Waals surface area contributed by atoms with Crippen LogP contribution in [-0.4, -0.2) is 4.57 Å². The van der Waals surface area contributed by atoms with Gasteiger partial charge in [-0.05, 0) is 121 Å². The Hall–Kier alpha value is -6.18. The molecule has 0 bridgehead atoms. The first kappa shape index (κ1) is 27.9. The second-order valence-corrected chi connectivity index (χ2v) is 13.2. The number of para-hydroxylation sites is 1. The number of rotatable bonds is 4. The fourth-order valence-corrected chi connectivity index (χ4v) is 8.06. The maximum Gasteiger partial charge on any atom is 0.0541 e. The Kier molecular flexibility index (Phi) is 6.38. The molecular weight excluding hydrogens is 591 g/mol. The zero-order chi connectivity index (χ0) is 32.3. The van der Waals surface area contributed by atoms with E-state index in [0.29, 0.717) is 0 Å². The van der Waals surface area contributed by atoms with E-state index in [9.17, 15) is 0 Å². The van der Waals surface area contributed by atoms with Crippen molar-refractivity contribution in [1.29, 1.82) is 0 Å². The molecule has 0 aliphatic heterocycles. The fourth-order valence-electron chi connectivity index (χ4n) is 8.06. The number of fused-ring (bicyclic) bond motifs is 9. The Labute approximate surface area is 285 Å². The molecule has 0 fully saturated rings. The summed E-state index contributed by atoms with van der Waals surface area (Å²) in [6.45, 7) is 0. The lowest BCUT2D eigenvalue weighted by molar-refractivity contribution is 1.13. The summed E-state index contributed by atoms with van der Waals surface area (Å²) in [6, 6.07) is 60.2. The van der Waals surface area contributed by atoms with E-state index in [1.165, 1.54) is 92.9 Å². The van der Waals surface area contributed by atoms with E-state index in [1.54, 1.807) is 0 Å². The summed E-state index contributed by atoms with van der Waals surface area (Å²) in [5.74, 6) is 0. The van der Waals surface area contributed by atoms with E-state index in [-0.39, 0.29) is 0 Å². The molecule has 0 atom stereocenters. The summed E-state index contributed by atoms with van der Waals surface area (Å²) in [6.07, 6.45) is 7.07. The van der Waals surface area contributed by atoms with Gasteiger partial charge in [0, 0.05) is 16.5 Å². The highest BCUT2D eigenvalue weighted by atomic mass is 15.0. The van der Waals surface area contributed by atoms with E-state index in [4.69, 9.17) is 0 Å². The third-order valence-corrected chi connectivity index (χ3v) is 10.4. The number of benzene rings is 8. The van der Waals surface area contributed by atoms with Gasteiger partial charge in [0.05, 0.1) is 11.0 Å². The van der Waals surface area contributed by atoms with Gasteiger partial charge in [-0.15, -0.1) is 0 Å². The average Bonchev–Trinajstić information content (AvgIpc) is 3.52. The van der Waals surface area contributed by atoms with Crippen LogP contribution in [-0.2, 0) is 0 Å². The summed E-state index contributed by atoms with van der Waals surface area (Å²) < 4.78 is 2.40. The molecule has 0 N–H and O–H groups in total. The van der Waals surface area contributed by atoms with Crippen LogP contribution in [0.5, 0.6) is 0 Å². The third kappa shape index (κ3) is 4.54. The van der Waals surface area contributed by atoms with Crippen molar-refractivity contribution in [3.63, 3.8) is 0 Å². The van der Waals surface area contributed by atoms with Crippen molar-refractivity contribution in [3.8, 4) is 39.1 Å². The van der Waals surface area contributed by atoms with Gasteiger partial charge in [0.15, 0.2) is 0 Å². The minimum Gasteiger partial charge on any atom is -0.309 e. The molecule has 1 heteroatoms. The maximum absolute atomic E-state index is 2.43. The Morgan fingerprint density at radius 3 is 1.57 bits per heavy atom. The minimum atomic E-state index is 1.10. The third-order valence-electron chi connectivity index (χ3n) is 10.4. The molecule has 10 rings (SSSR count). The Bertz CT molecular complexity index is 2850. The number of aromatic nitrogens is 1. The SMILES string of the molecule is C1=c2c(c3ccc(-c4cccc(-c5ccc6c(c5)c5ccccc5n6-c5ccc(-c6ccccc6)cc5)c4)cc3c3ccccc23)=CCC1. The fraction of sp³-hybridized carbons (Fsp3) is 0.0417. The molecule has 1 heterocycles. The second-order valence-electron chi connectivity index (χ2n) is 13.2. The highest BCUT2D eigenvalue weighted by Crippen LogP contribution is 2.37. The number of nitrogens with zero attached hydrogens (tertiary/aromatic N) is 1. The van der Waals surface area contributed by atoms with Gasteiger partial charge in [0.2, 0.25) is 0 Å². The summed E-state index contributed by atoms with van der Waals surface area (Å²) in [7, 11) is 0. The first-order valence-electron chi connectivity index (χ1n) is 17.2. The first-order chi connectivity index (χ1) is 24.3. The lowest BCUT2D eigenvalue weighted by atomic mass is 9.91. The van der Waals surface area contributed by atoms with Gasteiger partial charge in [-0.25, -0.2) is 0 Å². The molecule has 0 unspecified atom stereocenters. The molecule has 0 saturated heterocycles. The van der Waals surface area contributed by atoms with Crippen molar-refractivity contribution in [1.82, 2.24) is 4.57 Å². The Morgan fingerprint density at radius 1 is 0.306 bits per heavy atom. The van der Waals surface area contributed by atoms with Crippen LogP contribution in [0.25, 0.3) is 94.6 Å². The van der Waals surface area contributed by atoms with Crippen LogP contribution in [0, 0.1) is 0 Å². The second kappa shape index (κ2) is 11.2. The highest BCUT2D eigenvalue weighted by molar-refractivity contribution is 6.11. The van der Waals surface area contributed by atoms with Crippen molar-refractivity contribution >= 4 is 55.5 Å². The zero-order valence-corrected chi connectivity index (χ0v) is 27.1. The van der Waals surface area contributed by atoms with Gasteiger partial charge in [-0.1, -0.05) is 133 Å². The summed E-state index contributed by atoms with van der Waals surface area (Å²) >= 11 is 0.